The standard InChI is InChI=1S/C59H101NO10/c1-4-7-10-13-16-19-22-24-26-27-28-31-34-37-40-43-46-52(63)58(67)60-50(51(62)45-42-39-36-33-30-21-18-15-12-9-6-3)49-68-59-57(56(66)55(65)53(48-61)69-59)70-54(64)47-44-41-38-35-32-29-25-23-20-17-14-11-8-5-2/h8,11,16-17,19-20,24-26,28-29,31,42,45,50-53,55-57,59,61-63,65-66H,4-7,9-10,12-15,18,21-23,27,30,32-41,43-44,46-49H2,1-3H3,(H,60,67)/b11-8+,19-16-,20-17+,26-24-,29-25+,31-28-,45-42+. The summed E-state index contributed by atoms with van der Waals surface area (Å²) in [4.78, 5) is 26.4. The van der Waals surface area contributed by atoms with Gasteiger partial charge in [0.15, 0.2) is 12.4 Å². The monoisotopic (exact) mass is 984 g/mol. The number of ether oxygens (including phenoxy) is 3. The number of carbonyl (C=O) groups excluding carboxylic acids is 2. The number of unbranched alkanes of at least 4 members (excludes halogenated alkanes) is 19. The third-order valence-electron chi connectivity index (χ3n) is 12.5. The van der Waals surface area contributed by atoms with E-state index >= 15 is 0 Å². The molecular formula is C59H101NO10. The van der Waals surface area contributed by atoms with Crippen LogP contribution in [-0.4, -0.2) is 99.6 Å². The van der Waals surface area contributed by atoms with Crippen molar-refractivity contribution in [2.24, 2.45) is 0 Å². The van der Waals surface area contributed by atoms with Crippen LogP contribution in [0, 0.1) is 0 Å². The molecule has 1 fully saturated rings. The molecule has 1 saturated heterocycles. The summed E-state index contributed by atoms with van der Waals surface area (Å²) < 4.78 is 17.5. The second kappa shape index (κ2) is 46.9. The molecule has 402 valence electrons. The quantitative estimate of drug-likeness (QED) is 0.0196. The average Bonchev–Trinajstić information content (AvgIpc) is 3.36. The first-order chi connectivity index (χ1) is 34.2. The fraction of sp³-hybridized carbons (Fsp3) is 0.729. The number of esters is 1. The highest BCUT2D eigenvalue weighted by Gasteiger charge is 2.47. The second-order valence-corrected chi connectivity index (χ2v) is 18.9. The van der Waals surface area contributed by atoms with Crippen molar-refractivity contribution in [1.29, 1.82) is 0 Å². The Morgan fingerprint density at radius 3 is 1.57 bits per heavy atom. The fourth-order valence-corrected chi connectivity index (χ4v) is 8.08. The zero-order chi connectivity index (χ0) is 51.1. The molecule has 0 spiro atoms. The smallest absolute Gasteiger partial charge is 0.306 e. The summed E-state index contributed by atoms with van der Waals surface area (Å²) in [6.45, 7) is 5.58. The van der Waals surface area contributed by atoms with Crippen LogP contribution < -0.4 is 5.32 Å². The summed E-state index contributed by atoms with van der Waals surface area (Å²) in [6, 6.07) is -1.04. The van der Waals surface area contributed by atoms with E-state index in [0.29, 0.717) is 12.8 Å². The largest absolute Gasteiger partial charge is 0.454 e. The minimum atomic E-state index is -1.63. The molecule has 1 heterocycles. The Morgan fingerprint density at radius 1 is 0.571 bits per heavy atom. The third kappa shape index (κ3) is 35.0. The third-order valence-corrected chi connectivity index (χ3v) is 12.5. The van der Waals surface area contributed by atoms with Gasteiger partial charge in [0.1, 0.15) is 24.4 Å². The van der Waals surface area contributed by atoms with E-state index in [1.54, 1.807) is 6.08 Å². The lowest BCUT2D eigenvalue weighted by molar-refractivity contribution is -0.305. The Morgan fingerprint density at radius 2 is 1.03 bits per heavy atom. The topological polar surface area (TPSA) is 175 Å². The van der Waals surface area contributed by atoms with Gasteiger partial charge < -0.3 is 45.1 Å². The number of allylic oxidation sites excluding steroid dienone is 13. The molecule has 0 radical (unpaired) electrons. The molecule has 1 aliphatic heterocycles. The van der Waals surface area contributed by atoms with Gasteiger partial charge in [0.05, 0.1) is 25.4 Å². The van der Waals surface area contributed by atoms with E-state index in [9.17, 15) is 35.1 Å². The zero-order valence-corrected chi connectivity index (χ0v) is 44.1. The number of carbonyl (C=O) groups is 2. The van der Waals surface area contributed by atoms with Crippen LogP contribution in [0.3, 0.4) is 0 Å². The van der Waals surface area contributed by atoms with Crippen molar-refractivity contribution in [2.75, 3.05) is 13.2 Å². The van der Waals surface area contributed by atoms with Gasteiger partial charge in [-0.05, 0) is 96.3 Å². The van der Waals surface area contributed by atoms with Crippen molar-refractivity contribution in [2.45, 2.75) is 262 Å². The highest BCUT2D eigenvalue weighted by molar-refractivity contribution is 5.80. The highest BCUT2D eigenvalue weighted by atomic mass is 16.7. The predicted octanol–water partition coefficient (Wildman–Crippen LogP) is 12.2. The molecule has 1 amide bonds. The number of aliphatic hydroxyl groups excluding tert-OH is 5. The molecule has 0 bridgehead atoms. The van der Waals surface area contributed by atoms with E-state index in [4.69, 9.17) is 14.2 Å². The van der Waals surface area contributed by atoms with Crippen LogP contribution in [0.5, 0.6) is 0 Å². The van der Waals surface area contributed by atoms with Crippen LogP contribution in [0.1, 0.15) is 213 Å². The minimum Gasteiger partial charge on any atom is -0.454 e. The number of aliphatic hydroxyl groups is 5. The molecule has 0 aromatic rings. The van der Waals surface area contributed by atoms with Gasteiger partial charge in [0.25, 0.3) is 0 Å². The summed E-state index contributed by atoms with van der Waals surface area (Å²) in [5, 5.41) is 56.7. The predicted molar refractivity (Wildman–Crippen MR) is 287 cm³/mol. The van der Waals surface area contributed by atoms with Crippen LogP contribution in [-0.2, 0) is 23.8 Å². The molecule has 70 heavy (non-hydrogen) atoms. The van der Waals surface area contributed by atoms with Gasteiger partial charge >= 0.3 is 5.97 Å². The Hall–Kier alpha value is -3.16. The van der Waals surface area contributed by atoms with Crippen molar-refractivity contribution in [3.8, 4) is 0 Å². The molecule has 8 atom stereocenters. The van der Waals surface area contributed by atoms with E-state index in [2.05, 4.69) is 99.0 Å². The van der Waals surface area contributed by atoms with Gasteiger partial charge in [-0.3, -0.25) is 9.59 Å². The van der Waals surface area contributed by atoms with Gasteiger partial charge in [0.2, 0.25) is 5.91 Å². The van der Waals surface area contributed by atoms with E-state index in [1.165, 1.54) is 57.8 Å². The molecule has 1 rings (SSSR count). The van der Waals surface area contributed by atoms with Crippen molar-refractivity contribution in [3.63, 3.8) is 0 Å². The molecule has 11 nitrogen and oxygen atoms in total. The van der Waals surface area contributed by atoms with Crippen LogP contribution in [0.25, 0.3) is 0 Å². The Balaban J connectivity index is 2.78. The maximum atomic E-state index is 13.3. The van der Waals surface area contributed by atoms with Crippen LogP contribution >= 0.6 is 0 Å². The van der Waals surface area contributed by atoms with Gasteiger partial charge in [-0.1, -0.05) is 196 Å². The fourth-order valence-electron chi connectivity index (χ4n) is 8.08. The molecule has 0 aromatic heterocycles. The Labute approximate surface area is 425 Å². The summed E-state index contributed by atoms with van der Waals surface area (Å²) in [6.07, 6.45) is 49.1. The Bertz CT molecular complexity index is 1460. The van der Waals surface area contributed by atoms with Crippen LogP contribution in [0.15, 0.2) is 85.1 Å². The van der Waals surface area contributed by atoms with Crippen molar-refractivity contribution < 1.29 is 49.3 Å². The first-order valence-electron chi connectivity index (χ1n) is 27.9. The zero-order valence-electron chi connectivity index (χ0n) is 44.1. The van der Waals surface area contributed by atoms with Gasteiger partial charge in [-0.25, -0.2) is 0 Å². The molecule has 0 saturated carbocycles. The summed E-state index contributed by atoms with van der Waals surface area (Å²) in [5.41, 5.74) is 0. The number of hydrogen-bond acceptors (Lipinski definition) is 10. The van der Waals surface area contributed by atoms with E-state index in [1.807, 2.05) is 6.08 Å². The number of rotatable bonds is 45. The van der Waals surface area contributed by atoms with Crippen molar-refractivity contribution >= 4 is 11.9 Å². The number of nitrogens with one attached hydrogen (secondary N) is 1. The van der Waals surface area contributed by atoms with E-state index in [-0.39, 0.29) is 19.4 Å². The lowest BCUT2D eigenvalue weighted by Gasteiger charge is -2.41. The Kier molecular flexibility index (Phi) is 43.4. The lowest BCUT2D eigenvalue weighted by Crippen LogP contribution is -2.61. The number of amides is 1. The summed E-state index contributed by atoms with van der Waals surface area (Å²) in [5.74, 6) is -1.25. The summed E-state index contributed by atoms with van der Waals surface area (Å²) in [7, 11) is 0. The average molecular weight is 984 g/mol. The second-order valence-electron chi connectivity index (χ2n) is 18.9. The summed E-state index contributed by atoms with van der Waals surface area (Å²) >= 11 is 0. The van der Waals surface area contributed by atoms with Gasteiger partial charge in [-0.15, -0.1) is 0 Å². The van der Waals surface area contributed by atoms with Gasteiger partial charge in [0, 0.05) is 6.42 Å². The van der Waals surface area contributed by atoms with Crippen LogP contribution in [0.4, 0.5) is 0 Å². The molecule has 11 heteroatoms. The van der Waals surface area contributed by atoms with E-state index in [0.717, 1.165) is 109 Å². The highest BCUT2D eigenvalue weighted by Crippen LogP contribution is 2.26. The normalized spacial score (nSPS) is 20.4. The molecular weight excluding hydrogens is 883 g/mol. The molecule has 0 aliphatic carbocycles. The maximum Gasteiger partial charge on any atom is 0.306 e. The SMILES string of the molecule is CC/C=C/C/C=C/C/C=C/CCCCCCC(=O)OC1C(OCC(NC(=O)C(O)CCCCC/C=C\C/C=C\C/C=C\CCCCC)C(O)/C=C/CCCCCCCCCCC)OC(CO)C(O)C1O. The molecule has 1 aliphatic rings. The van der Waals surface area contributed by atoms with E-state index < -0.39 is 67.4 Å². The minimum absolute atomic E-state index is 0.0908. The lowest BCUT2D eigenvalue weighted by atomic mass is 9.99. The first kappa shape index (κ1) is 64.9. The maximum absolute atomic E-state index is 13.3. The number of hydrogen-bond donors (Lipinski definition) is 6. The van der Waals surface area contributed by atoms with Crippen molar-refractivity contribution in [3.05, 3.63) is 85.1 Å². The van der Waals surface area contributed by atoms with Crippen molar-refractivity contribution in [1.82, 2.24) is 5.32 Å². The molecule has 6 N–H and O–H groups in total. The first-order valence-corrected chi connectivity index (χ1v) is 27.9. The van der Waals surface area contributed by atoms with Crippen LogP contribution in [0.2, 0.25) is 0 Å². The molecule has 0 aromatic carbocycles. The molecule has 8 unspecified atom stereocenters. The van der Waals surface area contributed by atoms with Gasteiger partial charge in [-0.2, -0.15) is 0 Å².